The minimum atomic E-state index is -2.95. The molecule has 2 aliphatic heterocycles. The van der Waals surface area contributed by atoms with Gasteiger partial charge in [0.15, 0.2) is 11.6 Å². The molecule has 0 amide bonds. The first-order valence-electron chi connectivity index (χ1n) is 23.9. The van der Waals surface area contributed by atoms with E-state index in [0.29, 0.717) is 56.1 Å². The summed E-state index contributed by atoms with van der Waals surface area (Å²) in [4.78, 5) is 20.3. The van der Waals surface area contributed by atoms with Crippen molar-refractivity contribution < 1.29 is 26.2 Å². The zero-order chi connectivity index (χ0) is 50.9. The van der Waals surface area contributed by atoms with Crippen LogP contribution in [0.3, 0.4) is 0 Å². The molecule has 2 aromatic heterocycles. The van der Waals surface area contributed by atoms with Crippen molar-refractivity contribution in [2.45, 2.75) is 0 Å². The molecule has 6 nitrogen and oxygen atoms in total. The molecule has 0 bridgehead atoms. The number of rotatable bonds is 9. The lowest BCUT2D eigenvalue weighted by Gasteiger charge is -2.18. The number of hydrogen-bond donors (Lipinski definition) is 1. The van der Waals surface area contributed by atoms with Crippen LogP contribution >= 0.6 is 0 Å². The summed E-state index contributed by atoms with van der Waals surface area (Å²) in [6.07, 6.45) is 3.26. The molecular formula is C62H35BF6N6. The molecule has 0 spiro atoms. The van der Waals surface area contributed by atoms with Gasteiger partial charge in [0.25, 0.3) is 0 Å². The van der Waals surface area contributed by atoms with E-state index in [1.165, 1.54) is 48.5 Å². The third-order valence-corrected chi connectivity index (χ3v) is 13.8. The first-order chi connectivity index (χ1) is 36.6. The lowest BCUT2D eigenvalue weighted by Crippen LogP contribution is -2.36. The summed E-state index contributed by atoms with van der Waals surface area (Å²) in [7, 11) is -2.95. The van der Waals surface area contributed by atoms with Gasteiger partial charge in [-0.15, -0.1) is 0 Å². The van der Waals surface area contributed by atoms with Crippen molar-refractivity contribution in [2.75, 3.05) is 10.1 Å². The van der Waals surface area contributed by atoms with E-state index in [1.54, 1.807) is 79.1 Å². The molecule has 0 unspecified atom stereocenters. The molecule has 0 radical (unpaired) electrons. The van der Waals surface area contributed by atoms with Gasteiger partial charge in [-0.05, 0) is 128 Å². The fourth-order valence-corrected chi connectivity index (χ4v) is 10.2. The van der Waals surface area contributed by atoms with E-state index in [2.05, 4.69) is 34.6 Å². The maximum Gasteiger partial charge on any atom is 0.679 e. The quantitative estimate of drug-likeness (QED) is 0.116. The van der Waals surface area contributed by atoms with Gasteiger partial charge in [-0.2, -0.15) is 0 Å². The van der Waals surface area contributed by atoms with Gasteiger partial charge >= 0.3 is 7.40 Å². The number of nitrogens with one attached hydrogen (secondary N) is 1. The Morgan fingerprint density at radius 2 is 0.813 bits per heavy atom. The van der Waals surface area contributed by atoms with Gasteiger partial charge in [-0.3, -0.25) is 8.63 Å². The first kappa shape index (κ1) is 45.3. The lowest BCUT2D eigenvalue weighted by atomic mass is 9.92. The second-order valence-corrected chi connectivity index (χ2v) is 18.2. The SMILES string of the molecule is FB(F)N1C(=Nc2ncc(-c3ccc(F)cc3)cc2-c2ccc(F)cc2)c2cccc3c(-c4ccc(-c5ccc6c7c(cccc57)C(=Nc5ncc(-c7ccc(F)cc7)cc5-c5ccc(F)cc5)N6)cc4)ccc1c23. The molecule has 358 valence electrons. The van der Waals surface area contributed by atoms with Gasteiger partial charge in [0.1, 0.15) is 34.9 Å². The van der Waals surface area contributed by atoms with Crippen molar-refractivity contribution in [3.63, 3.8) is 0 Å². The highest BCUT2D eigenvalue weighted by atomic mass is 19.2. The predicted octanol–water partition coefficient (Wildman–Crippen LogP) is 16.7. The van der Waals surface area contributed by atoms with Crippen LogP contribution in [-0.4, -0.2) is 29.0 Å². The summed E-state index contributed by atoms with van der Waals surface area (Å²) >= 11 is 0. The Morgan fingerprint density at radius 3 is 1.32 bits per heavy atom. The molecular weight excluding hydrogens is 954 g/mol. The standard InChI is InChI=1S/C62H35BF6N6/c64-43-19-11-35(12-20-43)41-31-53(39-15-23-45(66)24-16-39)59(70-33-41)73-61-51-5-1-3-49-47(27-29-55(72-61)57(49)51)37-7-9-38(10-8-37)48-28-30-56-58-50(48)4-2-6-52(58)62(75(56)63(68)69)74-60-54(40-17-25-46(67)26-18-40)32-42(34-71-60)36-13-21-44(65)22-14-36/h1-34H,(H,70,72,73). The molecule has 11 aromatic rings. The van der Waals surface area contributed by atoms with Gasteiger partial charge in [-0.1, -0.05) is 121 Å². The summed E-state index contributed by atoms with van der Waals surface area (Å²) in [6, 6.07) is 55.2. The molecule has 2 aliphatic rings. The summed E-state index contributed by atoms with van der Waals surface area (Å²) < 4.78 is 86.7. The summed E-state index contributed by atoms with van der Waals surface area (Å²) in [5, 5.41) is 6.87. The molecule has 0 atom stereocenters. The molecule has 13 heteroatoms. The number of benzene rings is 9. The Hall–Kier alpha value is -9.62. The minimum absolute atomic E-state index is 0.0163. The highest BCUT2D eigenvalue weighted by Gasteiger charge is 2.39. The fraction of sp³-hybridized carbons (Fsp3) is 0. The average Bonchev–Trinajstić information content (AvgIpc) is 3.96. The number of hydrogen-bond acceptors (Lipinski definition) is 4. The van der Waals surface area contributed by atoms with E-state index in [1.807, 2.05) is 54.6 Å². The van der Waals surface area contributed by atoms with E-state index in [-0.39, 0.29) is 23.3 Å². The van der Waals surface area contributed by atoms with Gasteiger partial charge in [0, 0.05) is 67.9 Å². The first-order valence-corrected chi connectivity index (χ1v) is 23.9. The van der Waals surface area contributed by atoms with Crippen LogP contribution in [0.2, 0.25) is 0 Å². The van der Waals surface area contributed by atoms with Crippen molar-refractivity contribution in [3.8, 4) is 66.8 Å². The van der Waals surface area contributed by atoms with Crippen molar-refractivity contribution in [1.29, 1.82) is 0 Å². The van der Waals surface area contributed by atoms with Crippen LogP contribution in [0.15, 0.2) is 217 Å². The van der Waals surface area contributed by atoms with Crippen LogP contribution < -0.4 is 10.1 Å². The largest absolute Gasteiger partial charge is 0.679 e. The number of aromatic nitrogens is 2. The van der Waals surface area contributed by atoms with Gasteiger partial charge in [0.05, 0.1) is 0 Å². The molecule has 9 aromatic carbocycles. The number of halogens is 6. The maximum atomic E-state index is 15.4. The summed E-state index contributed by atoms with van der Waals surface area (Å²) in [6.45, 7) is 0. The lowest BCUT2D eigenvalue weighted by molar-refractivity contribution is 0.627. The number of aliphatic imine (C=N–C) groups is 2. The van der Waals surface area contributed by atoms with Crippen molar-refractivity contribution in [2.24, 2.45) is 9.98 Å². The maximum absolute atomic E-state index is 15.4. The Morgan fingerprint density at radius 1 is 0.387 bits per heavy atom. The van der Waals surface area contributed by atoms with Crippen LogP contribution in [0, 0.1) is 23.3 Å². The van der Waals surface area contributed by atoms with Crippen LogP contribution in [-0.2, 0) is 0 Å². The summed E-state index contributed by atoms with van der Waals surface area (Å²) in [5.74, 6) is -0.357. The van der Waals surface area contributed by atoms with Crippen molar-refractivity contribution in [1.82, 2.24) is 9.97 Å². The zero-order valence-corrected chi connectivity index (χ0v) is 39.2. The third-order valence-electron chi connectivity index (χ3n) is 13.8. The Bertz CT molecular complexity index is 4150. The normalized spacial score (nSPS) is 13.6. The molecule has 0 aliphatic carbocycles. The molecule has 75 heavy (non-hydrogen) atoms. The summed E-state index contributed by atoms with van der Waals surface area (Å²) in [5.41, 5.74) is 11.5. The second-order valence-electron chi connectivity index (χ2n) is 18.2. The van der Waals surface area contributed by atoms with Gasteiger partial charge in [-0.25, -0.2) is 37.5 Å². The molecule has 0 saturated heterocycles. The number of anilines is 2. The average molecular weight is 989 g/mol. The Balaban J connectivity index is 0.850. The monoisotopic (exact) mass is 988 g/mol. The highest BCUT2D eigenvalue weighted by molar-refractivity contribution is 6.60. The number of pyridine rings is 2. The molecule has 13 rings (SSSR count). The molecule has 0 fully saturated rings. The van der Waals surface area contributed by atoms with Crippen LogP contribution in [0.25, 0.3) is 88.3 Å². The van der Waals surface area contributed by atoms with E-state index < -0.39 is 19.0 Å². The zero-order valence-electron chi connectivity index (χ0n) is 39.2. The van der Waals surface area contributed by atoms with Gasteiger partial charge in [0.2, 0.25) is 0 Å². The van der Waals surface area contributed by atoms with E-state index in [0.717, 1.165) is 71.2 Å². The number of nitrogens with zero attached hydrogens (tertiary/aromatic N) is 5. The van der Waals surface area contributed by atoms with E-state index in [4.69, 9.17) is 15.0 Å². The molecule has 4 heterocycles. The van der Waals surface area contributed by atoms with Crippen LogP contribution in [0.5, 0.6) is 0 Å². The molecule has 1 N–H and O–H groups in total. The smallest absolute Gasteiger partial charge is 0.339 e. The van der Waals surface area contributed by atoms with E-state index >= 15 is 8.63 Å². The van der Waals surface area contributed by atoms with Crippen molar-refractivity contribution in [3.05, 3.63) is 241 Å². The minimum Gasteiger partial charge on any atom is -0.339 e. The van der Waals surface area contributed by atoms with E-state index in [9.17, 15) is 17.6 Å². The van der Waals surface area contributed by atoms with Crippen molar-refractivity contribution >= 4 is 63.6 Å². The van der Waals surface area contributed by atoms with Gasteiger partial charge < -0.3 is 10.1 Å². The van der Waals surface area contributed by atoms with Crippen LogP contribution in [0.4, 0.5) is 49.2 Å². The highest BCUT2D eigenvalue weighted by Crippen LogP contribution is 2.46. The van der Waals surface area contributed by atoms with Crippen LogP contribution in [0.1, 0.15) is 11.1 Å². The third kappa shape index (κ3) is 8.05. The molecule has 0 saturated carbocycles. The predicted molar refractivity (Wildman–Crippen MR) is 289 cm³/mol. The Labute approximate surface area is 425 Å². The fourth-order valence-electron chi connectivity index (χ4n) is 10.2. The number of amidine groups is 2. The second kappa shape index (κ2) is 18.1. The Kier molecular flexibility index (Phi) is 11.0. The topological polar surface area (TPSA) is 65.8 Å².